The lowest BCUT2D eigenvalue weighted by Crippen LogP contribution is -2.63. The molecule has 0 bridgehead atoms. The van der Waals surface area contributed by atoms with Crippen molar-refractivity contribution in [1.82, 2.24) is 58.2 Å². The Balaban J connectivity index is 2.40. The van der Waals surface area contributed by atoms with Crippen LogP contribution >= 0.6 is 0 Å². The molecule has 0 spiro atoms. The van der Waals surface area contributed by atoms with Crippen LogP contribution in [0.3, 0.4) is 0 Å². The predicted molar refractivity (Wildman–Crippen MR) is 351 cm³/mol. The van der Waals surface area contributed by atoms with Gasteiger partial charge in [-0.2, -0.15) is 0 Å². The summed E-state index contributed by atoms with van der Waals surface area (Å²) in [6.45, 7) is 13.2. The van der Waals surface area contributed by atoms with E-state index in [1.165, 1.54) is 27.7 Å². The number of fused-ring (bicyclic) bond motifs is 1. The first-order valence-electron chi connectivity index (χ1n) is 32.5. The van der Waals surface area contributed by atoms with E-state index < -0.39 is 218 Å². The number of nitrogens with two attached hydrogens (primary N) is 4. The third-order valence-corrected chi connectivity index (χ3v) is 15.9. The number of hydrogen-bond donors (Lipinski definition) is 20. The summed E-state index contributed by atoms with van der Waals surface area (Å²) in [5, 5.41) is 76.6. The number of benzene rings is 1. The van der Waals surface area contributed by atoms with Crippen molar-refractivity contribution < 1.29 is 92.7 Å². The highest BCUT2D eigenvalue weighted by atomic mass is 16.4. The highest BCUT2D eigenvalue weighted by Crippen LogP contribution is 2.21. The molecule has 1 aromatic heterocycles. The lowest BCUT2D eigenvalue weighted by Gasteiger charge is -2.30. The number of unbranched alkanes of at least 4 members (excludes halogenated alkanes) is 2. The zero-order chi connectivity index (χ0) is 73.6. The summed E-state index contributed by atoms with van der Waals surface area (Å²) in [7, 11) is 0. The Hall–Kier alpha value is -8.86. The standard InChI is InChI=1S/C63H103N15O19/c1-10-33(8)52(63(96)97)77-56(89)40(22-35-28-68-39-19-15-14-18-38(35)39)70-59(92)45(29-79)74-62(95)53(34(9)80)78-57(90)41(23-37(82)20-21-64)71-54(87)43(26-47(66)84)72-55(88)44(27-48(67)85)73-60(93)50(31(4)5)76-61(94)51(32(6)7)75-58(91)42(25-46(65)83)69-49(86)24-36(81)17-13-11-12-16-30(2)3/h14-15,18-19,28,30-34,36-37,40-45,50-53,68,79-82H,10-13,16-17,20-27,29,64H2,1-9H3,(H2,65,83)(H2,66,84)(H2,67,85)(H,69,86)(H,70,92)(H,71,87)(H,72,88)(H,73,93)(H,74,95)(H,75,91)(H,76,94)(H,77,89)(H,78,90)(H,96,97)/t33?,34-,36?,37?,40?,41?,42?,43?,44?,45?,50?,51?,52?,53+/m1/s1. The largest absolute Gasteiger partial charge is 0.480 e. The Labute approximate surface area is 562 Å². The quantitative estimate of drug-likeness (QED) is 0.0278. The van der Waals surface area contributed by atoms with Crippen molar-refractivity contribution in [3.63, 3.8) is 0 Å². The first-order chi connectivity index (χ1) is 45.4. The first-order valence-corrected chi connectivity index (χ1v) is 32.5. The van der Waals surface area contributed by atoms with Gasteiger partial charge in [0.2, 0.25) is 76.8 Å². The van der Waals surface area contributed by atoms with Gasteiger partial charge >= 0.3 is 5.97 Å². The summed E-state index contributed by atoms with van der Waals surface area (Å²) >= 11 is 0. The van der Waals surface area contributed by atoms with E-state index in [4.69, 9.17) is 22.9 Å². The Morgan fingerprint density at radius 1 is 0.474 bits per heavy atom. The van der Waals surface area contributed by atoms with Crippen LogP contribution < -0.4 is 76.1 Å². The van der Waals surface area contributed by atoms with Gasteiger partial charge in [-0.3, -0.25) is 62.3 Å². The molecule has 34 heteroatoms. The molecule has 2 rings (SSSR count). The van der Waals surface area contributed by atoms with Crippen LogP contribution in [-0.4, -0.2) is 205 Å². The summed E-state index contributed by atoms with van der Waals surface area (Å²) in [6, 6.07) is -10.5. The molecule has 2 aromatic rings. The molecule has 0 aliphatic rings. The molecule has 0 saturated carbocycles. The summed E-state index contributed by atoms with van der Waals surface area (Å²) in [6.07, 6.45) is -2.94. The second-order valence-corrected chi connectivity index (χ2v) is 25.4. The van der Waals surface area contributed by atoms with E-state index >= 15 is 0 Å². The number of H-pyrrole nitrogens is 1. The molecular formula is C63H103N15O19. The van der Waals surface area contributed by atoms with Crippen molar-refractivity contribution in [3.8, 4) is 0 Å². The van der Waals surface area contributed by atoms with Gasteiger partial charge in [0, 0.05) is 29.9 Å². The number of nitrogens with one attached hydrogen (secondary N) is 11. The summed E-state index contributed by atoms with van der Waals surface area (Å²) in [5.74, 6) is -17.7. The predicted octanol–water partition coefficient (Wildman–Crippen LogP) is -4.54. The van der Waals surface area contributed by atoms with Crippen LogP contribution in [0, 0.1) is 23.7 Å². The zero-order valence-corrected chi connectivity index (χ0v) is 56.6. The number of aliphatic hydroxyl groups is 4. The molecule has 0 aliphatic carbocycles. The van der Waals surface area contributed by atoms with Crippen LogP contribution in [0.15, 0.2) is 30.5 Å². The molecule has 1 heterocycles. The smallest absolute Gasteiger partial charge is 0.326 e. The number of carboxylic acids is 1. The number of aliphatic hydroxyl groups excluding tert-OH is 4. The van der Waals surface area contributed by atoms with E-state index in [1.807, 2.05) is 0 Å². The van der Waals surface area contributed by atoms with Gasteiger partial charge in [0.25, 0.3) is 0 Å². The molecule has 0 aliphatic heterocycles. The fraction of sp³-hybridized carbons (Fsp3) is 0.651. The molecule has 12 unspecified atom stereocenters. The van der Waals surface area contributed by atoms with Crippen molar-refractivity contribution in [3.05, 3.63) is 36.0 Å². The molecule has 0 radical (unpaired) electrons. The van der Waals surface area contributed by atoms with Crippen LogP contribution in [-0.2, 0) is 73.5 Å². The molecule has 14 atom stereocenters. The van der Waals surface area contributed by atoms with Crippen molar-refractivity contribution in [2.24, 2.45) is 46.6 Å². The molecule has 544 valence electrons. The van der Waals surface area contributed by atoms with E-state index in [9.17, 15) is 92.7 Å². The van der Waals surface area contributed by atoms with E-state index in [0.717, 1.165) is 26.2 Å². The van der Waals surface area contributed by atoms with Gasteiger partial charge in [0.15, 0.2) is 0 Å². The first kappa shape index (κ1) is 84.2. The SMILES string of the molecule is CCC(C)C(NC(=O)C(Cc1c[nH]c2ccccc12)NC(=O)C(CO)NC(=O)[C@@H](NC(=O)C(CC(O)CCN)NC(=O)C(CC(N)=O)NC(=O)C(CC(N)=O)NC(=O)C(NC(=O)C(NC(=O)C(CC(N)=O)NC(=O)CC(O)CCCCCC(C)C)C(C)C)C(C)C)[C@@H](C)O)C(=O)O. The minimum Gasteiger partial charge on any atom is -0.480 e. The zero-order valence-electron chi connectivity index (χ0n) is 56.6. The second kappa shape index (κ2) is 42.0. The normalized spacial score (nSPS) is 15.8. The van der Waals surface area contributed by atoms with Gasteiger partial charge in [-0.05, 0) is 61.6 Å². The monoisotopic (exact) mass is 1370 g/mol. The number of primary amides is 3. The number of aromatic amines is 1. The number of hydrogen-bond acceptors (Lipinski definition) is 19. The maximum Gasteiger partial charge on any atom is 0.326 e. The van der Waals surface area contributed by atoms with Crippen molar-refractivity contribution >= 4 is 93.7 Å². The van der Waals surface area contributed by atoms with Gasteiger partial charge in [-0.1, -0.05) is 106 Å². The minimum absolute atomic E-state index is 0.162. The van der Waals surface area contributed by atoms with Crippen LogP contribution in [0.4, 0.5) is 0 Å². The van der Waals surface area contributed by atoms with Crippen molar-refractivity contribution in [2.75, 3.05) is 13.2 Å². The molecule has 0 saturated heterocycles. The second-order valence-electron chi connectivity index (χ2n) is 25.4. The lowest BCUT2D eigenvalue weighted by molar-refractivity contribution is -0.144. The van der Waals surface area contributed by atoms with Gasteiger partial charge in [-0.15, -0.1) is 0 Å². The maximum absolute atomic E-state index is 14.2. The average molecular weight is 1370 g/mol. The number of aliphatic carboxylic acids is 1. The molecule has 24 N–H and O–H groups in total. The minimum atomic E-state index is -2.06. The van der Waals surface area contributed by atoms with Crippen molar-refractivity contribution in [1.29, 1.82) is 0 Å². The van der Waals surface area contributed by atoms with Gasteiger partial charge < -0.3 is 107 Å². The molecule has 13 amide bonds. The number of carbonyl (C=O) groups is 14. The molecule has 1 aromatic carbocycles. The number of carbonyl (C=O) groups excluding carboxylic acids is 13. The van der Waals surface area contributed by atoms with Crippen LogP contribution in [0.1, 0.15) is 145 Å². The Bertz CT molecular complexity index is 3010. The van der Waals surface area contributed by atoms with Crippen LogP contribution in [0.25, 0.3) is 10.9 Å². The third kappa shape index (κ3) is 29.6. The number of amides is 13. The summed E-state index contributed by atoms with van der Waals surface area (Å²) < 4.78 is 0. The van der Waals surface area contributed by atoms with E-state index in [2.05, 4.69) is 72.0 Å². The molecule has 97 heavy (non-hydrogen) atoms. The fourth-order valence-electron chi connectivity index (χ4n) is 10.2. The van der Waals surface area contributed by atoms with Crippen LogP contribution in [0.5, 0.6) is 0 Å². The number of para-hydroxylation sites is 1. The van der Waals surface area contributed by atoms with E-state index in [-0.39, 0.29) is 19.4 Å². The summed E-state index contributed by atoms with van der Waals surface area (Å²) in [5.41, 5.74) is 23.2. The van der Waals surface area contributed by atoms with E-state index in [0.29, 0.717) is 41.6 Å². The van der Waals surface area contributed by atoms with Gasteiger partial charge in [0.05, 0.1) is 50.6 Å². The third-order valence-electron chi connectivity index (χ3n) is 15.9. The maximum atomic E-state index is 14.2. The van der Waals surface area contributed by atoms with Crippen molar-refractivity contribution in [2.45, 2.75) is 225 Å². The van der Waals surface area contributed by atoms with E-state index in [1.54, 1.807) is 44.3 Å². The fourth-order valence-corrected chi connectivity index (χ4v) is 10.2. The highest BCUT2D eigenvalue weighted by molar-refractivity contribution is 6.01. The van der Waals surface area contributed by atoms with Gasteiger partial charge in [-0.25, -0.2) is 4.79 Å². The molecular weight excluding hydrogens is 1270 g/mol. The number of aromatic nitrogens is 1. The number of carboxylic acid groups (broad SMARTS) is 1. The molecule has 0 fully saturated rings. The Morgan fingerprint density at radius 3 is 1.40 bits per heavy atom. The highest BCUT2D eigenvalue weighted by Gasteiger charge is 2.39. The molecule has 34 nitrogen and oxygen atoms in total. The lowest BCUT2D eigenvalue weighted by atomic mass is 9.98. The topological polar surface area (TPSA) is 580 Å². The van der Waals surface area contributed by atoms with Gasteiger partial charge in [0.1, 0.15) is 60.4 Å². The summed E-state index contributed by atoms with van der Waals surface area (Å²) in [4.78, 5) is 191. The Morgan fingerprint density at radius 2 is 0.897 bits per heavy atom. The Kier molecular flexibility index (Phi) is 36.4. The number of rotatable bonds is 46. The van der Waals surface area contributed by atoms with Crippen LogP contribution in [0.2, 0.25) is 0 Å². The average Bonchev–Trinajstić information content (AvgIpc) is 1.76.